The van der Waals surface area contributed by atoms with Gasteiger partial charge in [0.25, 0.3) is 5.91 Å². The van der Waals surface area contributed by atoms with Gasteiger partial charge in [-0.05, 0) is 19.1 Å². The van der Waals surface area contributed by atoms with Crippen molar-refractivity contribution in [2.45, 2.75) is 222 Å². The molecule has 39 heteroatoms. The van der Waals surface area contributed by atoms with Gasteiger partial charge >= 0.3 is 0 Å². The summed E-state index contributed by atoms with van der Waals surface area (Å²) in [5, 5.41) is 232. The van der Waals surface area contributed by atoms with E-state index in [0.29, 0.717) is 5.69 Å². The number of aromatic amines is 1. The number of ether oxygens (including phenoxy) is 14. The minimum atomic E-state index is -2.24. The van der Waals surface area contributed by atoms with E-state index in [1.165, 1.54) is 0 Å². The summed E-state index contributed by atoms with van der Waals surface area (Å²) >= 11 is 0. The molecule has 2 aromatic heterocycles. The molecule has 0 unspecified atom stereocenters. The van der Waals surface area contributed by atoms with E-state index in [2.05, 4.69) is 20.6 Å². The van der Waals surface area contributed by atoms with Gasteiger partial charge in [-0.25, -0.2) is 4.98 Å². The summed E-state index contributed by atoms with van der Waals surface area (Å²) in [6, 6.07) is 9.11. The van der Waals surface area contributed by atoms with Crippen LogP contribution in [0.2, 0.25) is 0 Å². The molecule has 21 fully saturated rings. The lowest BCUT2D eigenvalue weighted by Gasteiger charge is -2.50. The molecule has 0 aliphatic carbocycles. The zero-order valence-corrected chi connectivity index (χ0v) is 51.0. The van der Waals surface area contributed by atoms with Crippen LogP contribution in [0.5, 0.6) is 0 Å². The zero-order chi connectivity index (χ0) is 68.9. The average molecular weight is 1390 g/mol. The smallest absolute Gasteiger partial charge is 0.269 e. The molecule has 542 valence electrons. The Morgan fingerprint density at radius 3 is 0.969 bits per heavy atom. The SMILES string of the molecule is Cc1nc(C(=O)NCCNC[C@H]2O[C@@H]3O[C@H]4[C@H](O)[C@@H](O)[C@@H](O[C@H]5[C@H](O)[C@@H](O)[C@@H](O[C@H]6[C@H](O)[C@@H](O)[C@@H](O[C@H]7[C@H](O)[C@@H](O)[C@@H](O[C@H]8[C@H](O)[C@@H](O)[C@@H](O[C@H]9[C@H](O)[C@@H](O)[C@@H](O[C@H]2[C@H](O)[C@H]3O)O[C@@H]9CO)O[C@@H]8CO)O[C@@H]7CO)O[C@@H]6CO)O[C@@H]5CO)O[C@@H]4CO)cc2c1[nH]c1ccccc12. The van der Waals surface area contributed by atoms with E-state index in [9.17, 15) is 107 Å². The van der Waals surface area contributed by atoms with Crippen molar-refractivity contribution in [3.05, 3.63) is 41.7 Å². The van der Waals surface area contributed by atoms with Crippen molar-refractivity contribution in [3.63, 3.8) is 0 Å². The summed E-state index contributed by atoms with van der Waals surface area (Å²) in [6.07, 6.45) is -70.8. The van der Waals surface area contributed by atoms with Crippen molar-refractivity contribution in [2.24, 2.45) is 0 Å². The van der Waals surface area contributed by atoms with Crippen LogP contribution in [0.25, 0.3) is 21.8 Å². The van der Waals surface area contributed by atoms with E-state index in [4.69, 9.17) is 66.3 Å². The van der Waals surface area contributed by atoms with Gasteiger partial charge in [0, 0.05) is 35.9 Å². The minimum absolute atomic E-state index is 0.0534. The molecule has 0 radical (unpaired) electrons. The van der Waals surface area contributed by atoms with E-state index in [-0.39, 0.29) is 18.8 Å². The third-order valence-corrected chi connectivity index (χ3v) is 18.4. The summed E-state index contributed by atoms with van der Waals surface area (Å²) in [4.78, 5) is 21.3. The highest BCUT2D eigenvalue weighted by Gasteiger charge is 2.60. The maximum absolute atomic E-state index is 13.5. The Bertz CT molecular complexity index is 3000. The first-order valence-corrected chi connectivity index (χ1v) is 31.2. The Hall–Kier alpha value is -3.76. The second-order valence-electron chi connectivity index (χ2n) is 24.6. The van der Waals surface area contributed by atoms with Crippen LogP contribution < -0.4 is 10.6 Å². The number of aryl methyl sites for hydroxylation is 1. The number of nitrogens with one attached hydrogen (secondary N) is 3. The fourth-order valence-electron chi connectivity index (χ4n) is 13.2. The number of hydrogen-bond donors (Lipinski definition) is 23. The molecule has 0 spiro atoms. The molecule has 21 saturated heterocycles. The number of rotatable bonds is 12. The number of H-pyrrole nitrogens is 1. The van der Waals surface area contributed by atoms with Crippen molar-refractivity contribution in [3.8, 4) is 0 Å². The van der Waals surface area contributed by atoms with Gasteiger partial charge in [0.15, 0.2) is 44.0 Å². The number of carbonyl (C=O) groups excluding carboxylic acids is 1. The number of pyridine rings is 1. The normalized spacial score (nSPS) is 46.8. The molecule has 14 bridgehead atoms. The maximum Gasteiger partial charge on any atom is 0.269 e. The summed E-state index contributed by atoms with van der Waals surface area (Å²) < 4.78 is 81.7. The maximum atomic E-state index is 13.5. The van der Waals surface area contributed by atoms with Gasteiger partial charge in [-0.15, -0.1) is 0 Å². The van der Waals surface area contributed by atoms with Crippen LogP contribution in [0, 0.1) is 6.92 Å². The summed E-state index contributed by atoms with van der Waals surface area (Å²) in [5.41, 5.74) is 2.22. The van der Waals surface area contributed by atoms with Crippen LogP contribution in [-0.4, -0.2) is 392 Å². The number of aliphatic hydroxyl groups excluding tert-OH is 20. The number of aromatic nitrogens is 2. The molecule has 35 atom stereocenters. The van der Waals surface area contributed by atoms with Gasteiger partial charge in [0.2, 0.25) is 0 Å². The van der Waals surface area contributed by atoms with Gasteiger partial charge in [-0.1, -0.05) is 18.2 Å². The molecular weight excluding hydrogens is 1300 g/mol. The lowest BCUT2D eigenvalue weighted by molar-refractivity contribution is -0.396. The van der Waals surface area contributed by atoms with E-state index in [0.717, 1.165) is 21.8 Å². The van der Waals surface area contributed by atoms with Gasteiger partial charge in [0.1, 0.15) is 177 Å². The van der Waals surface area contributed by atoms with Gasteiger partial charge in [0.05, 0.1) is 50.9 Å². The van der Waals surface area contributed by atoms with Gasteiger partial charge < -0.3 is 184 Å². The Labute approximate surface area is 543 Å². The summed E-state index contributed by atoms with van der Waals surface area (Å²) in [5.74, 6) is -0.554. The van der Waals surface area contributed by atoms with E-state index >= 15 is 0 Å². The molecular formula is C57H84N4O35. The number of fused-ring (bicyclic) bond motifs is 3. The lowest BCUT2D eigenvalue weighted by atomic mass is 9.95. The molecule has 1 amide bonds. The fourth-order valence-corrected chi connectivity index (χ4v) is 13.2. The largest absolute Gasteiger partial charge is 0.394 e. The van der Waals surface area contributed by atoms with Crippen molar-refractivity contribution in [1.29, 1.82) is 0 Å². The van der Waals surface area contributed by atoms with E-state index in [1.54, 1.807) is 13.0 Å². The van der Waals surface area contributed by atoms with Crippen LogP contribution in [0.3, 0.4) is 0 Å². The molecule has 21 aliphatic rings. The first-order valence-electron chi connectivity index (χ1n) is 31.2. The molecule has 23 heterocycles. The molecule has 21 aliphatic heterocycles. The van der Waals surface area contributed by atoms with Gasteiger partial charge in [-0.2, -0.15) is 0 Å². The van der Waals surface area contributed by atoms with E-state index in [1.807, 2.05) is 24.3 Å². The highest BCUT2D eigenvalue weighted by Crippen LogP contribution is 2.39. The predicted molar refractivity (Wildman–Crippen MR) is 305 cm³/mol. The fraction of sp³-hybridized carbons (Fsp3) is 0.789. The Balaban J connectivity index is 0.857. The van der Waals surface area contributed by atoms with Crippen molar-refractivity contribution < 1.29 is 173 Å². The second kappa shape index (κ2) is 31.2. The molecule has 39 nitrogen and oxygen atoms in total. The number of aliphatic hydroxyl groups is 20. The van der Waals surface area contributed by atoms with Gasteiger partial charge in [-0.3, -0.25) is 4.79 Å². The van der Waals surface area contributed by atoms with Crippen LogP contribution in [-0.2, 0) is 66.3 Å². The quantitative estimate of drug-likeness (QED) is 0.0749. The second-order valence-corrected chi connectivity index (χ2v) is 24.6. The molecule has 1 aromatic carbocycles. The van der Waals surface area contributed by atoms with Crippen LogP contribution >= 0.6 is 0 Å². The monoisotopic (exact) mass is 1380 g/mol. The van der Waals surface area contributed by atoms with Crippen LogP contribution in [0.1, 0.15) is 16.2 Å². The Morgan fingerprint density at radius 1 is 0.385 bits per heavy atom. The van der Waals surface area contributed by atoms with Crippen molar-refractivity contribution in [2.75, 3.05) is 59.3 Å². The van der Waals surface area contributed by atoms with E-state index < -0.39 is 267 Å². The highest BCUT2D eigenvalue weighted by molar-refractivity contribution is 6.10. The lowest BCUT2D eigenvalue weighted by Crippen LogP contribution is -2.68. The molecule has 23 N–H and O–H groups in total. The standard InChI is InChI=1S/C57H84N4O35/c1-16-28-18(17-4-2-3-5-19(17)61-28)8-20(60-16)50(82)59-7-6-58-9-21-43-29(68)36(75)51(83-21)91-44-22(10-62)85-53(38(77)31(44)70)93-46-24(12-64)87-55(40(79)33(46)72)95-48-26(14-66)89-57(42(81)35(48)74)96-49-27(15-67)88-56(41(80)34(49)73)94-47-25(13-65)86-54(39(78)32(47)71)92-45-23(11-63)84-52(90-43)37(76)30(45)69/h2-5,8,21-27,29-49,51-58,61-81H,6-7,9-15H2,1H3,(H,59,82)/t21-,22-,23-,24-,25-,26-,27-,29-,30-,31-,32-,33-,34-,35-,36-,37-,38-,39-,40-,41-,42-,43-,44-,45-,46-,47-,48-,49-,51-,52-,53-,54-,55-,56-,57-/m1/s1. The number of nitrogens with zero attached hydrogens (tertiary/aromatic N) is 1. The van der Waals surface area contributed by atoms with Crippen LogP contribution in [0.4, 0.5) is 0 Å². The first-order chi connectivity index (χ1) is 45.9. The topological polar surface area (TPSA) is 604 Å². The van der Waals surface area contributed by atoms with Crippen LogP contribution in [0.15, 0.2) is 30.3 Å². The summed E-state index contributed by atoms with van der Waals surface area (Å²) in [7, 11) is 0. The number of para-hydroxylation sites is 1. The summed E-state index contributed by atoms with van der Waals surface area (Å²) in [6.45, 7) is -5.15. The Kier molecular flexibility index (Phi) is 23.9. The van der Waals surface area contributed by atoms with Crippen molar-refractivity contribution in [1.82, 2.24) is 20.6 Å². The highest BCUT2D eigenvalue weighted by atomic mass is 16.8. The molecule has 0 saturated carbocycles. The van der Waals surface area contributed by atoms with Crippen molar-refractivity contribution >= 4 is 27.7 Å². The number of amides is 1. The number of hydrogen-bond acceptors (Lipinski definition) is 37. The Morgan fingerprint density at radius 2 is 0.667 bits per heavy atom. The molecule has 24 rings (SSSR count). The minimum Gasteiger partial charge on any atom is -0.394 e. The molecule has 96 heavy (non-hydrogen) atoms. The molecule has 3 aromatic rings. The predicted octanol–water partition coefficient (Wildman–Crippen LogP) is -12.9. The third kappa shape index (κ3) is 14.4. The third-order valence-electron chi connectivity index (χ3n) is 18.4. The number of carbonyl (C=O) groups is 1. The number of benzene rings is 1. The zero-order valence-electron chi connectivity index (χ0n) is 51.0. The average Bonchev–Trinajstić information content (AvgIpc) is 1.12. The first kappa shape index (κ1) is 73.5.